The number of H-pyrrole nitrogens is 1. The van der Waals surface area contributed by atoms with Gasteiger partial charge in [-0.3, -0.25) is 9.69 Å². The quantitative estimate of drug-likeness (QED) is 0.253. The zero-order valence-electron chi connectivity index (χ0n) is 21.6. The molecule has 1 aromatic heterocycles. The smallest absolute Gasteiger partial charge is 0.334 e. The Hall–Kier alpha value is -3.20. The Morgan fingerprint density at radius 2 is 1.93 bits per heavy atom. The number of carboxylic acid groups (broad SMARTS) is 2. The molecule has 0 radical (unpaired) electrons. The lowest BCUT2D eigenvalue weighted by Crippen LogP contribution is -2.60. The predicted molar refractivity (Wildman–Crippen MR) is 135 cm³/mol. The number of fused-ring (bicyclic) bond motifs is 6. The molecule has 0 spiro atoms. The molecule has 4 aliphatic rings. The number of rotatable bonds is 5. The van der Waals surface area contributed by atoms with E-state index >= 15 is 0 Å². The molecular formula is C27H32N2O11. The van der Waals surface area contributed by atoms with E-state index in [9.17, 15) is 40.2 Å². The van der Waals surface area contributed by atoms with Crippen LogP contribution in [0.15, 0.2) is 30.0 Å². The van der Waals surface area contributed by atoms with Crippen LogP contribution >= 0.6 is 0 Å². The van der Waals surface area contributed by atoms with Crippen molar-refractivity contribution in [3.63, 3.8) is 0 Å². The average molecular weight is 561 g/mol. The van der Waals surface area contributed by atoms with E-state index in [0.717, 1.165) is 16.8 Å². The monoisotopic (exact) mass is 560 g/mol. The lowest BCUT2D eigenvalue weighted by Gasteiger charge is -2.51. The first-order valence-corrected chi connectivity index (χ1v) is 13.3. The van der Waals surface area contributed by atoms with Crippen LogP contribution in [0.2, 0.25) is 0 Å². The van der Waals surface area contributed by atoms with Crippen LogP contribution < -0.4 is 4.74 Å². The highest BCUT2D eigenvalue weighted by atomic mass is 16.7. The van der Waals surface area contributed by atoms with E-state index in [0.29, 0.717) is 18.4 Å². The molecule has 0 bridgehead atoms. The van der Waals surface area contributed by atoms with Gasteiger partial charge in [0, 0.05) is 41.4 Å². The largest absolute Gasteiger partial charge is 0.497 e. The third-order valence-electron chi connectivity index (χ3n) is 8.90. The van der Waals surface area contributed by atoms with Gasteiger partial charge < -0.3 is 49.8 Å². The number of nitrogens with zero attached hydrogens (tertiary/aromatic N) is 1. The maximum atomic E-state index is 12.5. The van der Waals surface area contributed by atoms with Crippen LogP contribution in [-0.2, 0) is 25.5 Å². The summed E-state index contributed by atoms with van der Waals surface area (Å²) < 4.78 is 16.9. The summed E-state index contributed by atoms with van der Waals surface area (Å²) in [5, 5.41) is 60.7. The summed E-state index contributed by atoms with van der Waals surface area (Å²) in [5.41, 5.74) is 2.52. The van der Waals surface area contributed by atoms with Gasteiger partial charge in [0.15, 0.2) is 0 Å². The van der Waals surface area contributed by atoms with Crippen LogP contribution in [0.1, 0.15) is 30.6 Å². The standard InChI is InChI=1S/C27H32N2O11/c1-10-15-7-29-18(5-12(15)16(9-38-10)25(34)35)21-14(6-19(29)26(36)37)13-4-11(2-3-17(13)28-21)39-27-24(33)23(32)22(31)20(8-30)40-27/h2-4,9-10,12,15,18-20,22-24,27-28,30-33H,5-8H2,1H3,(H,34,35)(H,36,37). The molecule has 0 aliphatic carbocycles. The number of aromatic amines is 1. The minimum absolute atomic E-state index is 0.168. The highest BCUT2D eigenvalue weighted by molar-refractivity contribution is 5.89. The Balaban J connectivity index is 1.35. The molecule has 13 nitrogen and oxygen atoms in total. The van der Waals surface area contributed by atoms with Gasteiger partial charge in [0.2, 0.25) is 6.29 Å². The molecule has 10 atom stereocenters. The summed E-state index contributed by atoms with van der Waals surface area (Å²) in [4.78, 5) is 29.8. The highest BCUT2D eigenvalue weighted by Crippen LogP contribution is 2.49. The summed E-state index contributed by atoms with van der Waals surface area (Å²) in [6.07, 6.45) is -5.49. The number of aliphatic hydroxyl groups excluding tert-OH is 4. The molecule has 5 heterocycles. The fraction of sp³-hybridized carbons (Fsp3) is 0.556. The molecule has 40 heavy (non-hydrogen) atoms. The van der Waals surface area contributed by atoms with Gasteiger partial charge in [-0.1, -0.05) is 0 Å². The van der Waals surface area contributed by atoms with Gasteiger partial charge in [-0.25, -0.2) is 4.79 Å². The van der Waals surface area contributed by atoms with Crippen molar-refractivity contribution >= 4 is 22.8 Å². The molecule has 7 N–H and O–H groups in total. The SMILES string of the molecule is CC1OC=C(C(=O)O)C2CC3c4[nH]c5ccc(OC6OC(CO)C(O)C(O)C6O)cc5c4CC(C(=O)O)N3CC12. The number of piperidine rings is 1. The zero-order chi connectivity index (χ0) is 28.5. The second kappa shape index (κ2) is 10.0. The van der Waals surface area contributed by atoms with Gasteiger partial charge in [-0.2, -0.15) is 0 Å². The number of aromatic nitrogens is 1. The maximum Gasteiger partial charge on any atom is 0.334 e. The Bertz CT molecular complexity index is 1360. The number of benzene rings is 1. The average Bonchev–Trinajstić information content (AvgIpc) is 3.30. The molecule has 216 valence electrons. The van der Waals surface area contributed by atoms with E-state index in [2.05, 4.69) is 4.98 Å². The van der Waals surface area contributed by atoms with Crippen LogP contribution in [0.3, 0.4) is 0 Å². The Labute approximate surface area is 228 Å². The lowest BCUT2D eigenvalue weighted by atomic mass is 9.71. The molecule has 1 aromatic carbocycles. The van der Waals surface area contributed by atoms with Gasteiger partial charge in [-0.05, 0) is 37.1 Å². The first-order chi connectivity index (χ1) is 19.1. The Kier molecular flexibility index (Phi) is 6.76. The van der Waals surface area contributed by atoms with Crippen LogP contribution in [-0.4, -0.2) is 108 Å². The van der Waals surface area contributed by atoms with E-state index < -0.39 is 55.3 Å². The lowest BCUT2D eigenvalue weighted by molar-refractivity contribution is -0.277. The van der Waals surface area contributed by atoms with Crippen LogP contribution in [0, 0.1) is 11.8 Å². The summed E-state index contributed by atoms with van der Waals surface area (Å²) >= 11 is 0. The molecule has 2 saturated heterocycles. The van der Waals surface area contributed by atoms with Gasteiger partial charge in [0.1, 0.15) is 36.2 Å². The van der Waals surface area contributed by atoms with Crippen molar-refractivity contribution in [1.82, 2.24) is 9.88 Å². The number of carbonyl (C=O) groups is 2. The summed E-state index contributed by atoms with van der Waals surface area (Å²) in [6.45, 7) is 1.66. The molecule has 6 rings (SSSR count). The first kappa shape index (κ1) is 27.0. The van der Waals surface area contributed by atoms with E-state index in [1.807, 2.05) is 11.8 Å². The van der Waals surface area contributed by atoms with Crippen LogP contribution in [0.25, 0.3) is 10.9 Å². The van der Waals surface area contributed by atoms with Gasteiger partial charge in [0.05, 0.1) is 30.6 Å². The number of nitrogens with one attached hydrogen (secondary N) is 1. The number of aliphatic carboxylic acids is 2. The van der Waals surface area contributed by atoms with E-state index in [4.69, 9.17) is 14.2 Å². The Morgan fingerprint density at radius 1 is 1.15 bits per heavy atom. The third kappa shape index (κ3) is 4.24. The summed E-state index contributed by atoms with van der Waals surface area (Å²) in [6, 6.07) is 3.87. The van der Waals surface area contributed by atoms with Crippen molar-refractivity contribution in [2.45, 2.75) is 68.7 Å². The topological polar surface area (TPSA) is 202 Å². The molecule has 0 saturated carbocycles. The van der Waals surface area contributed by atoms with Crippen molar-refractivity contribution in [2.24, 2.45) is 11.8 Å². The van der Waals surface area contributed by atoms with Crippen LogP contribution in [0.4, 0.5) is 0 Å². The zero-order valence-corrected chi connectivity index (χ0v) is 21.6. The number of hydrogen-bond acceptors (Lipinski definition) is 10. The van der Waals surface area contributed by atoms with Crippen molar-refractivity contribution in [1.29, 1.82) is 0 Å². The molecule has 0 amide bonds. The maximum absolute atomic E-state index is 12.5. The molecule has 2 fully saturated rings. The fourth-order valence-corrected chi connectivity index (χ4v) is 6.75. The van der Waals surface area contributed by atoms with Crippen molar-refractivity contribution in [2.75, 3.05) is 13.2 Å². The molecular weight excluding hydrogens is 528 g/mol. The second-order valence-electron chi connectivity index (χ2n) is 11.0. The van der Waals surface area contributed by atoms with Crippen molar-refractivity contribution < 1.29 is 54.4 Å². The molecule has 4 aliphatic heterocycles. The normalized spacial score (nSPS) is 37.5. The summed E-state index contributed by atoms with van der Waals surface area (Å²) in [5.74, 6) is -2.23. The minimum atomic E-state index is -1.59. The molecule has 13 heteroatoms. The number of aliphatic hydroxyl groups is 4. The van der Waals surface area contributed by atoms with Gasteiger partial charge >= 0.3 is 11.9 Å². The summed E-state index contributed by atoms with van der Waals surface area (Å²) in [7, 11) is 0. The van der Waals surface area contributed by atoms with Crippen LogP contribution in [0.5, 0.6) is 5.75 Å². The van der Waals surface area contributed by atoms with Crippen molar-refractivity contribution in [3.05, 3.63) is 41.3 Å². The van der Waals surface area contributed by atoms with E-state index in [-0.39, 0.29) is 41.7 Å². The highest BCUT2D eigenvalue weighted by Gasteiger charge is 2.51. The van der Waals surface area contributed by atoms with E-state index in [1.54, 1.807) is 18.2 Å². The van der Waals surface area contributed by atoms with Gasteiger partial charge in [0.25, 0.3) is 0 Å². The minimum Gasteiger partial charge on any atom is -0.497 e. The number of ether oxygens (including phenoxy) is 3. The Morgan fingerprint density at radius 3 is 2.62 bits per heavy atom. The third-order valence-corrected chi connectivity index (χ3v) is 8.90. The first-order valence-electron chi connectivity index (χ1n) is 13.3. The van der Waals surface area contributed by atoms with Gasteiger partial charge in [-0.15, -0.1) is 0 Å². The number of hydrogen-bond donors (Lipinski definition) is 7. The van der Waals surface area contributed by atoms with E-state index in [1.165, 1.54) is 6.26 Å². The molecule has 10 unspecified atom stereocenters. The van der Waals surface area contributed by atoms with Crippen molar-refractivity contribution in [3.8, 4) is 5.75 Å². The number of carboxylic acids is 2. The predicted octanol–water partition coefficient (Wildman–Crippen LogP) is -0.278. The fourth-order valence-electron chi connectivity index (χ4n) is 6.75. The second-order valence-corrected chi connectivity index (χ2v) is 11.0. The molecule has 2 aromatic rings.